The zero-order valence-corrected chi connectivity index (χ0v) is 11.3. The number of imidazole rings is 1. The van der Waals surface area contributed by atoms with E-state index in [2.05, 4.69) is 4.98 Å². The standard InChI is InChI=1S/C12H13N3O3S/c1-6(10(13)16)19-12-14-8-5-7(11(17)18)3-4-9(8)15(12)2/h3-6H,1-2H3,(H2,13,16)(H,17,18). The number of thioether (sulfide) groups is 1. The van der Waals surface area contributed by atoms with E-state index in [1.807, 2.05) is 11.6 Å². The third-order valence-corrected chi connectivity index (χ3v) is 3.93. The van der Waals surface area contributed by atoms with Gasteiger partial charge in [0.05, 0.1) is 21.8 Å². The van der Waals surface area contributed by atoms with Gasteiger partial charge in [0, 0.05) is 7.05 Å². The van der Waals surface area contributed by atoms with Crippen molar-refractivity contribution in [1.29, 1.82) is 0 Å². The molecule has 0 spiro atoms. The Kier molecular flexibility index (Phi) is 3.48. The van der Waals surface area contributed by atoms with Crippen LogP contribution in [0.2, 0.25) is 0 Å². The smallest absolute Gasteiger partial charge is 0.335 e. The maximum absolute atomic E-state index is 11.1. The Bertz CT molecular complexity index is 666. The van der Waals surface area contributed by atoms with Gasteiger partial charge in [0.1, 0.15) is 0 Å². The molecule has 0 aliphatic carbocycles. The Morgan fingerprint density at radius 1 is 1.47 bits per heavy atom. The van der Waals surface area contributed by atoms with Crippen LogP contribution >= 0.6 is 11.8 Å². The molecule has 1 heterocycles. The Labute approximate surface area is 113 Å². The summed E-state index contributed by atoms with van der Waals surface area (Å²) in [6.07, 6.45) is 0. The van der Waals surface area contributed by atoms with E-state index in [4.69, 9.17) is 10.8 Å². The highest BCUT2D eigenvalue weighted by atomic mass is 32.2. The van der Waals surface area contributed by atoms with Crippen LogP contribution in [0.3, 0.4) is 0 Å². The molecule has 100 valence electrons. The van der Waals surface area contributed by atoms with Gasteiger partial charge < -0.3 is 15.4 Å². The van der Waals surface area contributed by atoms with E-state index in [1.165, 1.54) is 23.9 Å². The number of benzene rings is 1. The number of aromatic carboxylic acids is 1. The summed E-state index contributed by atoms with van der Waals surface area (Å²) in [7, 11) is 1.81. The average molecular weight is 279 g/mol. The van der Waals surface area contributed by atoms with E-state index in [9.17, 15) is 9.59 Å². The van der Waals surface area contributed by atoms with Gasteiger partial charge in [-0.25, -0.2) is 9.78 Å². The summed E-state index contributed by atoms with van der Waals surface area (Å²) < 4.78 is 1.81. The minimum absolute atomic E-state index is 0.185. The lowest BCUT2D eigenvalue weighted by molar-refractivity contribution is -0.117. The zero-order chi connectivity index (χ0) is 14.2. The molecule has 19 heavy (non-hydrogen) atoms. The van der Waals surface area contributed by atoms with Gasteiger partial charge >= 0.3 is 5.97 Å². The number of nitrogens with zero attached hydrogens (tertiary/aromatic N) is 2. The number of hydrogen-bond acceptors (Lipinski definition) is 4. The lowest BCUT2D eigenvalue weighted by Crippen LogP contribution is -2.22. The molecule has 0 fully saturated rings. The third kappa shape index (κ3) is 2.55. The summed E-state index contributed by atoms with van der Waals surface area (Å²) in [5.74, 6) is -1.41. The molecule has 0 aliphatic heterocycles. The number of aryl methyl sites for hydroxylation is 1. The van der Waals surface area contributed by atoms with Crippen LogP contribution in [0, 0.1) is 0 Å². The largest absolute Gasteiger partial charge is 0.478 e. The van der Waals surface area contributed by atoms with Crippen molar-refractivity contribution in [2.75, 3.05) is 0 Å². The van der Waals surface area contributed by atoms with Crippen molar-refractivity contribution in [2.24, 2.45) is 12.8 Å². The first kappa shape index (κ1) is 13.4. The lowest BCUT2D eigenvalue weighted by Gasteiger charge is -2.06. The number of nitrogens with two attached hydrogens (primary N) is 1. The van der Waals surface area contributed by atoms with Gasteiger partial charge in [-0.15, -0.1) is 0 Å². The van der Waals surface area contributed by atoms with Crippen LogP contribution in [-0.2, 0) is 11.8 Å². The van der Waals surface area contributed by atoms with Crippen molar-refractivity contribution >= 4 is 34.7 Å². The first-order valence-corrected chi connectivity index (χ1v) is 6.44. The quantitative estimate of drug-likeness (QED) is 0.820. The molecule has 3 N–H and O–H groups in total. The number of aromatic nitrogens is 2. The monoisotopic (exact) mass is 279 g/mol. The number of hydrogen-bond donors (Lipinski definition) is 2. The summed E-state index contributed by atoms with van der Waals surface area (Å²) in [6.45, 7) is 1.70. The van der Waals surface area contributed by atoms with Crippen LogP contribution in [0.5, 0.6) is 0 Å². The topological polar surface area (TPSA) is 98.2 Å². The highest BCUT2D eigenvalue weighted by Crippen LogP contribution is 2.26. The minimum atomic E-state index is -0.993. The molecule has 1 aromatic heterocycles. The highest BCUT2D eigenvalue weighted by molar-refractivity contribution is 8.00. The van der Waals surface area contributed by atoms with Gasteiger partial charge in [0.15, 0.2) is 5.16 Å². The molecular weight excluding hydrogens is 266 g/mol. The molecule has 0 radical (unpaired) electrons. The average Bonchev–Trinajstić information content (AvgIpc) is 2.65. The molecule has 0 aliphatic rings. The fourth-order valence-electron chi connectivity index (χ4n) is 1.63. The molecule has 1 unspecified atom stereocenters. The number of amides is 1. The van der Waals surface area contributed by atoms with Gasteiger partial charge in [-0.1, -0.05) is 11.8 Å². The summed E-state index contributed by atoms with van der Waals surface area (Å²) in [5, 5.41) is 9.17. The second kappa shape index (κ2) is 4.93. The van der Waals surface area contributed by atoms with Gasteiger partial charge in [0.2, 0.25) is 5.91 Å². The Balaban J connectivity index is 2.44. The van der Waals surface area contributed by atoms with E-state index < -0.39 is 17.1 Å². The first-order valence-electron chi connectivity index (χ1n) is 5.56. The summed E-state index contributed by atoms with van der Waals surface area (Å²) in [4.78, 5) is 26.3. The van der Waals surface area contributed by atoms with Gasteiger partial charge in [-0.2, -0.15) is 0 Å². The number of carbonyl (C=O) groups is 2. The second-order valence-electron chi connectivity index (χ2n) is 4.12. The second-order valence-corrected chi connectivity index (χ2v) is 5.43. The maximum atomic E-state index is 11.1. The third-order valence-electron chi connectivity index (χ3n) is 2.77. The van der Waals surface area contributed by atoms with Crippen LogP contribution in [-0.4, -0.2) is 31.8 Å². The van der Waals surface area contributed by atoms with Gasteiger partial charge in [0.25, 0.3) is 0 Å². The van der Waals surface area contributed by atoms with Crippen LogP contribution in [0.1, 0.15) is 17.3 Å². The van der Waals surface area contributed by atoms with Crippen molar-refractivity contribution in [3.8, 4) is 0 Å². The van der Waals surface area contributed by atoms with Crippen molar-refractivity contribution in [3.05, 3.63) is 23.8 Å². The molecule has 0 bridgehead atoms. The molecule has 1 atom stereocenters. The normalized spacial score (nSPS) is 12.5. The van der Waals surface area contributed by atoms with Crippen LogP contribution < -0.4 is 5.73 Å². The van der Waals surface area contributed by atoms with E-state index >= 15 is 0 Å². The predicted octanol–water partition coefficient (Wildman–Crippen LogP) is 1.24. The Morgan fingerprint density at radius 3 is 2.74 bits per heavy atom. The molecule has 6 nitrogen and oxygen atoms in total. The number of carboxylic acids is 1. The molecule has 0 saturated carbocycles. The first-order chi connectivity index (χ1) is 8.90. The number of rotatable bonds is 4. The van der Waals surface area contributed by atoms with Gasteiger partial charge in [-0.3, -0.25) is 4.79 Å². The number of fused-ring (bicyclic) bond motifs is 1. The molecule has 1 aromatic carbocycles. The summed E-state index contributed by atoms with van der Waals surface area (Å²) >= 11 is 1.25. The van der Waals surface area contributed by atoms with E-state index in [1.54, 1.807) is 13.0 Å². The van der Waals surface area contributed by atoms with Crippen molar-refractivity contribution in [2.45, 2.75) is 17.3 Å². The number of primary amides is 1. The summed E-state index contributed by atoms with van der Waals surface area (Å²) in [6, 6.07) is 4.74. The fourth-order valence-corrected chi connectivity index (χ4v) is 2.47. The molecule has 0 saturated heterocycles. The molecule has 7 heteroatoms. The van der Waals surface area contributed by atoms with E-state index in [0.717, 1.165) is 5.52 Å². The van der Waals surface area contributed by atoms with Crippen LogP contribution in [0.25, 0.3) is 11.0 Å². The van der Waals surface area contributed by atoms with E-state index in [-0.39, 0.29) is 5.56 Å². The molecule has 1 amide bonds. The predicted molar refractivity (Wildman–Crippen MR) is 72.2 cm³/mol. The zero-order valence-electron chi connectivity index (χ0n) is 10.5. The van der Waals surface area contributed by atoms with E-state index in [0.29, 0.717) is 10.7 Å². The van der Waals surface area contributed by atoms with Gasteiger partial charge in [-0.05, 0) is 25.1 Å². The fraction of sp³-hybridized carbons (Fsp3) is 0.250. The van der Waals surface area contributed by atoms with Crippen molar-refractivity contribution in [3.63, 3.8) is 0 Å². The molecule has 2 rings (SSSR count). The SMILES string of the molecule is CC(Sc1nc2cc(C(=O)O)ccc2n1C)C(N)=O. The lowest BCUT2D eigenvalue weighted by atomic mass is 10.2. The molecular formula is C12H13N3O3S. The minimum Gasteiger partial charge on any atom is -0.478 e. The van der Waals surface area contributed by atoms with Crippen LogP contribution in [0.15, 0.2) is 23.4 Å². The number of carbonyl (C=O) groups excluding carboxylic acids is 1. The van der Waals surface area contributed by atoms with Crippen LogP contribution in [0.4, 0.5) is 0 Å². The summed E-state index contributed by atoms with van der Waals surface area (Å²) in [5.41, 5.74) is 6.80. The van der Waals surface area contributed by atoms with Crippen molar-refractivity contribution < 1.29 is 14.7 Å². The highest BCUT2D eigenvalue weighted by Gasteiger charge is 2.16. The number of carboxylic acid groups (broad SMARTS) is 1. The Morgan fingerprint density at radius 2 is 2.16 bits per heavy atom. The van der Waals surface area contributed by atoms with Crippen molar-refractivity contribution in [1.82, 2.24) is 9.55 Å². The Hall–Kier alpha value is -2.02. The maximum Gasteiger partial charge on any atom is 0.335 e. The molecule has 2 aromatic rings.